The van der Waals surface area contributed by atoms with Crippen LogP contribution in [-0.2, 0) is 32.7 Å². The standard InChI is InChI=1S/C40H70NO8P/c1-3-5-7-9-11-13-15-17-19-21-22-24-26-28-30-32-39(42)46-36-38(37-48-50(44,45)47-35-34-41)49-40(43)33-31-29-27-25-23-20-18-16-14-12-10-8-6-4-2/h5,7,10-13,16-19,38H,3-4,6,8-9,14-15,20-37,41H2,1-2H3,(H,44,45)/b7-5+,12-10+,13-11+,18-16+,19-17+/t38-/m1/s1. The summed E-state index contributed by atoms with van der Waals surface area (Å²) in [5, 5.41) is 0. The van der Waals surface area contributed by atoms with Crippen molar-refractivity contribution in [2.24, 2.45) is 5.73 Å². The number of rotatable bonds is 35. The molecule has 0 aliphatic heterocycles. The van der Waals surface area contributed by atoms with Gasteiger partial charge in [0.25, 0.3) is 0 Å². The Bertz CT molecular complexity index is 1010. The van der Waals surface area contributed by atoms with Gasteiger partial charge in [0, 0.05) is 19.4 Å². The number of phosphoric acid groups is 1. The fourth-order valence-corrected chi connectivity index (χ4v) is 5.55. The maximum atomic E-state index is 12.5. The van der Waals surface area contributed by atoms with Crippen molar-refractivity contribution in [2.75, 3.05) is 26.4 Å². The number of nitrogens with two attached hydrogens (primary N) is 1. The van der Waals surface area contributed by atoms with Crippen LogP contribution in [0.25, 0.3) is 0 Å². The smallest absolute Gasteiger partial charge is 0.462 e. The third-order valence-corrected chi connectivity index (χ3v) is 8.62. The van der Waals surface area contributed by atoms with Crippen LogP contribution in [0.3, 0.4) is 0 Å². The average molecular weight is 724 g/mol. The van der Waals surface area contributed by atoms with Crippen molar-refractivity contribution < 1.29 is 37.6 Å². The van der Waals surface area contributed by atoms with Crippen LogP contribution in [0, 0.1) is 0 Å². The molecule has 50 heavy (non-hydrogen) atoms. The lowest BCUT2D eigenvalue weighted by molar-refractivity contribution is -0.161. The van der Waals surface area contributed by atoms with Gasteiger partial charge in [0.1, 0.15) is 6.61 Å². The lowest BCUT2D eigenvalue weighted by atomic mass is 10.1. The minimum absolute atomic E-state index is 0.0456. The van der Waals surface area contributed by atoms with Gasteiger partial charge < -0.3 is 20.1 Å². The summed E-state index contributed by atoms with van der Waals surface area (Å²) in [4.78, 5) is 34.7. The Hall–Kier alpha value is -2.29. The molecule has 0 saturated carbocycles. The maximum Gasteiger partial charge on any atom is 0.472 e. The molecule has 10 heteroatoms. The highest BCUT2D eigenvalue weighted by Crippen LogP contribution is 2.43. The molecule has 9 nitrogen and oxygen atoms in total. The molecule has 3 N–H and O–H groups in total. The lowest BCUT2D eigenvalue weighted by Gasteiger charge is -2.19. The summed E-state index contributed by atoms with van der Waals surface area (Å²) >= 11 is 0. The zero-order valence-corrected chi connectivity index (χ0v) is 32.3. The van der Waals surface area contributed by atoms with Gasteiger partial charge in [-0.15, -0.1) is 0 Å². The van der Waals surface area contributed by atoms with E-state index in [2.05, 4.69) is 74.6 Å². The molecule has 0 rings (SSSR count). The summed E-state index contributed by atoms with van der Waals surface area (Å²) in [6.45, 7) is 3.51. The first-order chi connectivity index (χ1) is 24.3. The third-order valence-electron chi connectivity index (χ3n) is 7.64. The highest BCUT2D eigenvalue weighted by Gasteiger charge is 2.25. The van der Waals surface area contributed by atoms with Crippen molar-refractivity contribution in [1.82, 2.24) is 0 Å². The summed E-state index contributed by atoms with van der Waals surface area (Å²) in [5.41, 5.74) is 5.33. The minimum atomic E-state index is -4.38. The van der Waals surface area contributed by atoms with Crippen molar-refractivity contribution in [1.29, 1.82) is 0 Å². The Morgan fingerprint density at radius 2 is 1.10 bits per heavy atom. The van der Waals surface area contributed by atoms with E-state index in [1.807, 2.05) is 0 Å². The average Bonchev–Trinajstić information content (AvgIpc) is 3.10. The molecule has 0 spiro atoms. The monoisotopic (exact) mass is 723 g/mol. The van der Waals surface area contributed by atoms with Crippen molar-refractivity contribution in [2.45, 2.75) is 155 Å². The molecule has 2 atom stereocenters. The van der Waals surface area contributed by atoms with Gasteiger partial charge in [-0.2, -0.15) is 0 Å². The summed E-state index contributed by atoms with van der Waals surface area (Å²) in [7, 11) is -4.38. The van der Waals surface area contributed by atoms with Crippen LogP contribution in [0.5, 0.6) is 0 Å². The van der Waals surface area contributed by atoms with Gasteiger partial charge in [-0.1, -0.05) is 126 Å². The van der Waals surface area contributed by atoms with Gasteiger partial charge >= 0.3 is 19.8 Å². The Labute approximate surface area is 304 Å². The molecule has 0 aliphatic carbocycles. The Morgan fingerprint density at radius 3 is 1.64 bits per heavy atom. The largest absolute Gasteiger partial charge is 0.472 e. The summed E-state index contributed by atoms with van der Waals surface area (Å²) in [5.74, 6) is -0.872. The van der Waals surface area contributed by atoms with Gasteiger partial charge in [-0.05, 0) is 70.6 Å². The molecule has 288 valence electrons. The van der Waals surface area contributed by atoms with Crippen LogP contribution in [0.2, 0.25) is 0 Å². The Kier molecular flexibility index (Phi) is 34.8. The number of esters is 2. The molecular weight excluding hydrogens is 653 g/mol. The zero-order chi connectivity index (χ0) is 36.8. The van der Waals surface area contributed by atoms with E-state index in [0.717, 1.165) is 96.3 Å². The molecule has 0 radical (unpaired) electrons. The number of hydrogen-bond acceptors (Lipinski definition) is 8. The van der Waals surface area contributed by atoms with Crippen molar-refractivity contribution in [3.05, 3.63) is 60.8 Å². The first kappa shape index (κ1) is 47.7. The highest BCUT2D eigenvalue weighted by atomic mass is 31.2. The predicted molar refractivity (Wildman–Crippen MR) is 206 cm³/mol. The normalized spacial score (nSPS) is 14.1. The van der Waals surface area contributed by atoms with Crippen LogP contribution < -0.4 is 5.73 Å². The molecule has 0 fully saturated rings. The first-order valence-electron chi connectivity index (χ1n) is 19.3. The fraction of sp³-hybridized carbons (Fsp3) is 0.700. The summed E-state index contributed by atoms with van der Waals surface area (Å²) in [6, 6.07) is 0. The van der Waals surface area contributed by atoms with Crippen LogP contribution in [0.15, 0.2) is 60.8 Å². The van der Waals surface area contributed by atoms with Crippen molar-refractivity contribution in [3.8, 4) is 0 Å². The third kappa shape index (κ3) is 35.5. The highest BCUT2D eigenvalue weighted by molar-refractivity contribution is 7.47. The van der Waals surface area contributed by atoms with Gasteiger partial charge in [-0.3, -0.25) is 18.6 Å². The number of carbonyl (C=O) groups excluding carboxylic acids is 2. The molecule has 0 aromatic rings. The summed E-state index contributed by atoms with van der Waals surface area (Å²) in [6.07, 6.45) is 41.0. The Morgan fingerprint density at radius 1 is 0.620 bits per heavy atom. The van der Waals surface area contributed by atoms with Gasteiger partial charge in [0.2, 0.25) is 0 Å². The lowest BCUT2D eigenvalue weighted by Crippen LogP contribution is -2.29. The molecule has 0 aromatic carbocycles. The van der Waals surface area contributed by atoms with Crippen LogP contribution in [0.1, 0.15) is 149 Å². The van der Waals surface area contributed by atoms with Crippen LogP contribution in [0.4, 0.5) is 0 Å². The van der Waals surface area contributed by atoms with Gasteiger partial charge in [0.15, 0.2) is 6.10 Å². The van der Waals surface area contributed by atoms with Gasteiger partial charge in [0.05, 0.1) is 13.2 Å². The van der Waals surface area contributed by atoms with Crippen LogP contribution >= 0.6 is 7.82 Å². The zero-order valence-electron chi connectivity index (χ0n) is 31.4. The van der Waals surface area contributed by atoms with E-state index >= 15 is 0 Å². The van der Waals surface area contributed by atoms with Crippen molar-refractivity contribution in [3.63, 3.8) is 0 Å². The maximum absolute atomic E-state index is 12.5. The molecular formula is C40H70NO8P. The molecule has 0 amide bonds. The fourth-order valence-electron chi connectivity index (χ4n) is 4.78. The number of hydrogen-bond donors (Lipinski definition) is 2. The second-order valence-electron chi connectivity index (χ2n) is 12.4. The number of ether oxygens (including phenoxy) is 2. The predicted octanol–water partition coefficient (Wildman–Crippen LogP) is 10.5. The van der Waals surface area contributed by atoms with E-state index in [-0.39, 0.29) is 32.6 Å². The number of allylic oxidation sites excluding steroid dienone is 10. The van der Waals surface area contributed by atoms with E-state index in [1.165, 1.54) is 12.8 Å². The second-order valence-corrected chi connectivity index (χ2v) is 13.9. The topological polar surface area (TPSA) is 134 Å². The van der Waals surface area contributed by atoms with E-state index in [4.69, 9.17) is 24.3 Å². The molecule has 1 unspecified atom stereocenters. The minimum Gasteiger partial charge on any atom is -0.462 e. The molecule has 0 heterocycles. The van der Waals surface area contributed by atoms with Gasteiger partial charge in [-0.25, -0.2) is 4.57 Å². The second kappa shape index (κ2) is 36.5. The van der Waals surface area contributed by atoms with E-state index in [9.17, 15) is 19.0 Å². The SMILES string of the molecule is CC/C=C/C/C=C/C/C=C/CCCCCCCC(=O)OC[C@H](COP(=O)(O)OCCN)OC(=O)CCCCCCC/C=C/C/C=C/CCCC. The number of carbonyl (C=O) groups is 2. The van der Waals surface area contributed by atoms with E-state index < -0.39 is 32.5 Å². The summed E-state index contributed by atoms with van der Waals surface area (Å²) < 4.78 is 32.6. The number of phosphoric ester groups is 1. The molecule has 0 aliphatic rings. The van der Waals surface area contributed by atoms with E-state index in [1.54, 1.807) is 0 Å². The molecule has 0 bridgehead atoms. The number of unbranched alkanes of at least 4 members (excludes halogenated alkanes) is 12. The Balaban J connectivity index is 4.28. The quantitative estimate of drug-likeness (QED) is 0.0283. The van der Waals surface area contributed by atoms with E-state index in [0.29, 0.717) is 12.8 Å². The van der Waals surface area contributed by atoms with Crippen molar-refractivity contribution >= 4 is 19.8 Å². The molecule has 0 aromatic heterocycles. The first-order valence-corrected chi connectivity index (χ1v) is 20.8. The molecule has 0 saturated heterocycles. The van der Waals surface area contributed by atoms with Crippen LogP contribution in [-0.4, -0.2) is 49.3 Å².